The third kappa shape index (κ3) is 6.67. The number of ether oxygens (including phenoxy) is 1. The van der Waals surface area contributed by atoms with Crippen molar-refractivity contribution in [1.29, 1.82) is 0 Å². The first-order valence-corrected chi connectivity index (χ1v) is 10.9. The van der Waals surface area contributed by atoms with E-state index >= 15 is 0 Å². The number of hydrogen-bond acceptors (Lipinski definition) is 4. The largest absolute Gasteiger partial charge is 0.480 e. The topological polar surface area (TPSA) is 75.6 Å². The fraction of sp³-hybridized carbons (Fsp3) is 0.231. The molecule has 32 heavy (non-hydrogen) atoms. The van der Waals surface area contributed by atoms with Crippen molar-refractivity contribution in [1.82, 2.24) is 5.32 Å². The highest BCUT2D eigenvalue weighted by Crippen LogP contribution is 2.23. The van der Waals surface area contributed by atoms with Gasteiger partial charge in [-0.2, -0.15) is 0 Å². The van der Waals surface area contributed by atoms with Crippen LogP contribution < -0.4 is 5.32 Å². The highest BCUT2D eigenvalue weighted by atomic mass is 35.5. The van der Waals surface area contributed by atoms with E-state index in [9.17, 15) is 14.7 Å². The van der Waals surface area contributed by atoms with Crippen LogP contribution in [0.1, 0.15) is 18.1 Å². The summed E-state index contributed by atoms with van der Waals surface area (Å²) in [6, 6.07) is 23.0. The minimum Gasteiger partial charge on any atom is -0.480 e. The van der Waals surface area contributed by atoms with E-state index in [2.05, 4.69) is 5.32 Å². The highest BCUT2D eigenvalue weighted by Gasteiger charge is 2.27. The molecule has 2 unspecified atom stereocenters. The summed E-state index contributed by atoms with van der Waals surface area (Å²) < 4.78 is 5.18. The second-order valence-electron chi connectivity index (χ2n) is 7.46. The van der Waals surface area contributed by atoms with Crippen molar-refractivity contribution in [3.05, 3.63) is 95.0 Å². The first-order valence-electron chi connectivity index (χ1n) is 10.5. The molecule has 3 aromatic rings. The number of nitrogens with one attached hydrogen (secondary N) is 1. The summed E-state index contributed by atoms with van der Waals surface area (Å²) in [4.78, 5) is 24.5. The Morgan fingerprint density at radius 2 is 1.53 bits per heavy atom. The van der Waals surface area contributed by atoms with Gasteiger partial charge in [0.2, 0.25) is 0 Å². The Kier molecular flexibility index (Phi) is 8.42. The molecule has 3 aromatic carbocycles. The van der Waals surface area contributed by atoms with E-state index in [1.165, 1.54) is 0 Å². The first kappa shape index (κ1) is 23.5. The summed E-state index contributed by atoms with van der Waals surface area (Å²) in [7, 11) is 0. The maximum Gasteiger partial charge on any atom is 0.323 e. The number of rotatable bonds is 10. The zero-order chi connectivity index (χ0) is 22.9. The van der Waals surface area contributed by atoms with Gasteiger partial charge in [-0.1, -0.05) is 78.3 Å². The number of benzene rings is 3. The summed E-state index contributed by atoms with van der Waals surface area (Å²) in [6.07, 6.45) is 0.576. The second kappa shape index (κ2) is 11.5. The molecule has 0 radical (unpaired) electrons. The first-order chi connectivity index (χ1) is 15.5. The minimum atomic E-state index is -1.02. The number of carboxylic acids is 1. The number of esters is 1. The molecule has 0 heterocycles. The molecule has 0 saturated carbocycles. The van der Waals surface area contributed by atoms with Crippen molar-refractivity contribution >= 4 is 23.5 Å². The van der Waals surface area contributed by atoms with Gasteiger partial charge in [0, 0.05) is 5.02 Å². The van der Waals surface area contributed by atoms with Crippen molar-refractivity contribution in [3.63, 3.8) is 0 Å². The number of carbonyl (C=O) groups is 2. The zero-order valence-corrected chi connectivity index (χ0v) is 18.6. The number of halogens is 1. The van der Waals surface area contributed by atoms with Crippen LogP contribution in [0.3, 0.4) is 0 Å². The van der Waals surface area contributed by atoms with E-state index in [1.54, 1.807) is 6.92 Å². The van der Waals surface area contributed by atoms with E-state index in [-0.39, 0.29) is 13.0 Å². The lowest BCUT2D eigenvalue weighted by Gasteiger charge is -2.22. The maximum atomic E-state index is 12.5. The highest BCUT2D eigenvalue weighted by molar-refractivity contribution is 6.30. The van der Waals surface area contributed by atoms with Crippen LogP contribution >= 0.6 is 11.6 Å². The molecule has 2 atom stereocenters. The van der Waals surface area contributed by atoms with Gasteiger partial charge in [-0.25, -0.2) is 0 Å². The Balaban J connectivity index is 1.74. The molecule has 0 aliphatic heterocycles. The lowest BCUT2D eigenvalue weighted by atomic mass is 9.99. The lowest BCUT2D eigenvalue weighted by molar-refractivity contribution is -0.147. The van der Waals surface area contributed by atoms with E-state index in [1.807, 2.05) is 78.9 Å². The molecule has 0 amide bonds. The summed E-state index contributed by atoms with van der Waals surface area (Å²) in [5.74, 6) is -1.48. The molecule has 0 aliphatic carbocycles. The van der Waals surface area contributed by atoms with Crippen molar-refractivity contribution in [2.24, 2.45) is 0 Å². The van der Waals surface area contributed by atoms with Crippen LogP contribution in [-0.4, -0.2) is 35.7 Å². The lowest BCUT2D eigenvalue weighted by Crippen LogP contribution is -2.49. The molecule has 0 bridgehead atoms. The van der Waals surface area contributed by atoms with Gasteiger partial charge in [0.05, 0.1) is 6.61 Å². The Morgan fingerprint density at radius 1 is 0.875 bits per heavy atom. The predicted molar refractivity (Wildman–Crippen MR) is 126 cm³/mol. The maximum absolute atomic E-state index is 12.5. The molecular weight excluding hydrogens is 426 g/mol. The van der Waals surface area contributed by atoms with E-state index in [4.69, 9.17) is 16.3 Å². The van der Waals surface area contributed by atoms with Crippen LogP contribution in [0.5, 0.6) is 0 Å². The molecule has 0 aromatic heterocycles. The Hall–Kier alpha value is -3.15. The average molecular weight is 452 g/mol. The predicted octanol–water partition coefficient (Wildman–Crippen LogP) is 4.77. The van der Waals surface area contributed by atoms with Crippen molar-refractivity contribution in [2.45, 2.75) is 31.8 Å². The van der Waals surface area contributed by atoms with Gasteiger partial charge in [0.25, 0.3) is 0 Å². The normalized spacial score (nSPS) is 12.7. The Morgan fingerprint density at radius 3 is 2.16 bits per heavy atom. The van der Waals surface area contributed by atoms with Crippen LogP contribution in [0.15, 0.2) is 78.9 Å². The quantitative estimate of drug-likeness (QED) is 0.434. The number of aliphatic carboxylic acids is 1. The van der Waals surface area contributed by atoms with E-state index in [0.717, 1.165) is 22.3 Å². The number of carboxylic acid groups (broad SMARTS) is 1. The summed E-state index contributed by atoms with van der Waals surface area (Å²) in [6.45, 7) is 1.96. The summed E-state index contributed by atoms with van der Waals surface area (Å²) >= 11 is 6.07. The average Bonchev–Trinajstić information content (AvgIpc) is 2.79. The third-order valence-corrected chi connectivity index (χ3v) is 5.34. The summed E-state index contributed by atoms with van der Waals surface area (Å²) in [5, 5.41) is 13.4. The Labute approximate surface area is 193 Å². The zero-order valence-electron chi connectivity index (χ0n) is 17.8. The van der Waals surface area contributed by atoms with Gasteiger partial charge >= 0.3 is 11.9 Å². The van der Waals surface area contributed by atoms with E-state index in [0.29, 0.717) is 11.4 Å². The standard InChI is InChI=1S/C26H26ClNO4/c1-2-32-26(31)24(16-18-7-4-3-5-8-18)28-23(25(29)30)15-19-11-13-20(14-12-19)21-9-6-10-22(27)17-21/h3-14,17,23-24,28H,2,15-16H2,1H3,(H,29,30). The molecule has 0 saturated heterocycles. The van der Waals surface area contributed by atoms with Crippen molar-refractivity contribution in [3.8, 4) is 11.1 Å². The van der Waals surface area contributed by atoms with Crippen LogP contribution in [0.25, 0.3) is 11.1 Å². The molecule has 6 heteroatoms. The molecule has 5 nitrogen and oxygen atoms in total. The Bertz CT molecular complexity index is 1040. The van der Waals surface area contributed by atoms with Crippen LogP contribution in [-0.2, 0) is 27.2 Å². The number of carbonyl (C=O) groups excluding carboxylic acids is 1. The van der Waals surface area contributed by atoms with E-state index < -0.39 is 24.0 Å². The molecule has 166 valence electrons. The fourth-order valence-electron chi connectivity index (χ4n) is 3.50. The van der Waals surface area contributed by atoms with Crippen LogP contribution in [0.2, 0.25) is 5.02 Å². The third-order valence-electron chi connectivity index (χ3n) is 5.11. The second-order valence-corrected chi connectivity index (χ2v) is 7.90. The van der Waals surface area contributed by atoms with Gasteiger partial charge < -0.3 is 9.84 Å². The molecule has 0 aliphatic rings. The van der Waals surface area contributed by atoms with Crippen LogP contribution in [0, 0.1) is 0 Å². The van der Waals surface area contributed by atoms with Crippen LogP contribution in [0.4, 0.5) is 0 Å². The molecule has 3 rings (SSSR count). The summed E-state index contributed by atoms with van der Waals surface area (Å²) in [5.41, 5.74) is 3.75. The van der Waals surface area contributed by atoms with Crippen molar-refractivity contribution < 1.29 is 19.4 Å². The smallest absolute Gasteiger partial charge is 0.323 e. The molecular formula is C26H26ClNO4. The van der Waals surface area contributed by atoms with Gasteiger partial charge in [-0.05, 0) is 54.2 Å². The molecule has 0 spiro atoms. The van der Waals surface area contributed by atoms with Gasteiger partial charge in [-0.3, -0.25) is 14.9 Å². The molecule has 0 fully saturated rings. The monoisotopic (exact) mass is 451 g/mol. The molecule has 2 N–H and O–H groups in total. The number of hydrogen-bond donors (Lipinski definition) is 2. The fourth-order valence-corrected chi connectivity index (χ4v) is 3.69. The van der Waals surface area contributed by atoms with Gasteiger partial charge in [0.15, 0.2) is 0 Å². The SMILES string of the molecule is CCOC(=O)C(Cc1ccccc1)NC(Cc1ccc(-c2cccc(Cl)c2)cc1)C(=O)O. The van der Waals surface area contributed by atoms with Gasteiger partial charge in [0.1, 0.15) is 12.1 Å². The van der Waals surface area contributed by atoms with Crippen molar-refractivity contribution in [2.75, 3.05) is 6.61 Å². The van der Waals surface area contributed by atoms with Gasteiger partial charge in [-0.15, -0.1) is 0 Å². The minimum absolute atomic E-state index is 0.231.